The summed E-state index contributed by atoms with van der Waals surface area (Å²) >= 11 is 0. The minimum absolute atomic E-state index is 0.0274. The van der Waals surface area contributed by atoms with Crippen LogP contribution >= 0.6 is 0 Å². The second-order valence-electron chi connectivity index (χ2n) is 9.73. The van der Waals surface area contributed by atoms with Gasteiger partial charge in [-0.05, 0) is 42.4 Å². The number of halogens is 8. The van der Waals surface area contributed by atoms with E-state index in [1.54, 1.807) is 6.08 Å². The van der Waals surface area contributed by atoms with Crippen molar-refractivity contribution < 1.29 is 44.6 Å². The van der Waals surface area contributed by atoms with Crippen molar-refractivity contribution in [2.45, 2.75) is 70.8 Å². The Bertz CT molecular complexity index is 1120. The average molecular weight is 563 g/mol. The SMILES string of the molecule is CCCCC1CCC(CCC=Cc2cc(F)c(C(F)(F)Oc3cc(F)c(OC=C(F)F)c(F)c3)c(F)c2)CC1. The Morgan fingerprint density at radius 1 is 0.872 bits per heavy atom. The zero-order valence-electron chi connectivity index (χ0n) is 21.4. The molecule has 0 heterocycles. The molecule has 1 aliphatic rings. The van der Waals surface area contributed by atoms with Crippen molar-refractivity contribution in [3.63, 3.8) is 0 Å². The largest absolute Gasteiger partial charge is 0.453 e. The number of hydrogen-bond donors (Lipinski definition) is 0. The van der Waals surface area contributed by atoms with E-state index in [4.69, 9.17) is 0 Å². The molecule has 0 amide bonds. The first-order chi connectivity index (χ1) is 18.5. The summed E-state index contributed by atoms with van der Waals surface area (Å²) in [5.41, 5.74) is -1.72. The molecule has 10 heteroatoms. The van der Waals surface area contributed by atoms with E-state index in [9.17, 15) is 35.1 Å². The number of hydrogen-bond acceptors (Lipinski definition) is 2. The summed E-state index contributed by atoms with van der Waals surface area (Å²) in [6.45, 7) is 2.19. The molecular formula is C29H30F8O2. The van der Waals surface area contributed by atoms with Gasteiger partial charge in [-0.15, -0.1) is 0 Å². The lowest BCUT2D eigenvalue weighted by atomic mass is 9.78. The van der Waals surface area contributed by atoms with Gasteiger partial charge in [0.05, 0.1) is 0 Å². The molecule has 2 aromatic carbocycles. The van der Waals surface area contributed by atoms with Crippen LogP contribution in [-0.4, -0.2) is 0 Å². The zero-order chi connectivity index (χ0) is 28.6. The summed E-state index contributed by atoms with van der Waals surface area (Å²) < 4.78 is 119. The molecule has 2 nitrogen and oxygen atoms in total. The Morgan fingerprint density at radius 2 is 1.44 bits per heavy atom. The molecule has 0 aromatic heterocycles. The Hall–Kier alpha value is -3.04. The van der Waals surface area contributed by atoms with Crippen LogP contribution in [0.5, 0.6) is 11.5 Å². The summed E-state index contributed by atoms with van der Waals surface area (Å²) in [7, 11) is 0. The first-order valence-electron chi connectivity index (χ1n) is 12.9. The second-order valence-corrected chi connectivity index (χ2v) is 9.73. The van der Waals surface area contributed by atoms with Gasteiger partial charge in [-0.3, -0.25) is 0 Å². The maximum absolute atomic E-state index is 14.6. The van der Waals surface area contributed by atoms with Gasteiger partial charge >= 0.3 is 12.2 Å². The first-order valence-corrected chi connectivity index (χ1v) is 12.9. The van der Waals surface area contributed by atoms with Crippen molar-refractivity contribution in [2.75, 3.05) is 0 Å². The molecule has 0 bridgehead atoms. The van der Waals surface area contributed by atoms with Crippen LogP contribution in [0.15, 0.2) is 42.7 Å². The minimum Gasteiger partial charge on any atom is -0.453 e. The molecule has 1 saturated carbocycles. The predicted octanol–water partition coefficient (Wildman–Crippen LogP) is 10.3. The highest BCUT2D eigenvalue weighted by Crippen LogP contribution is 2.38. The van der Waals surface area contributed by atoms with Crippen LogP contribution in [-0.2, 0) is 6.11 Å². The minimum atomic E-state index is -4.65. The molecule has 214 valence electrons. The Morgan fingerprint density at radius 3 is 1.97 bits per heavy atom. The molecule has 3 rings (SSSR count). The molecule has 0 unspecified atom stereocenters. The quantitative estimate of drug-likeness (QED) is 0.189. The van der Waals surface area contributed by atoms with Crippen molar-refractivity contribution >= 4 is 6.08 Å². The van der Waals surface area contributed by atoms with Crippen LogP contribution < -0.4 is 9.47 Å². The lowest BCUT2D eigenvalue weighted by molar-refractivity contribution is -0.189. The highest BCUT2D eigenvalue weighted by molar-refractivity contribution is 5.51. The summed E-state index contributed by atoms with van der Waals surface area (Å²) in [5.74, 6) is -7.58. The Labute approximate surface area is 222 Å². The molecule has 0 aliphatic heterocycles. The molecule has 39 heavy (non-hydrogen) atoms. The van der Waals surface area contributed by atoms with Crippen LogP contribution in [0.2, 0.25) is 0 Å². The smallest absolute Gasteiger partial charge is 0.432 e. The van der Waals surface area contributed by atoms with Gasteiger partial charge in [-0.1, -0.05) is 64.0 Å². The van der Waals surface area contributed by atoms with E-state index in [0.29, 0.717) is 24.5 Å². The fourth-order valence-electron chi connectivity index (χ4n) is 4.83. The van der Waals surface area contributed by atoms with Gasteiger partial charge in [0.15, 0.2) is 23.6 Å². The third kappa shape index (κ3) is 8.73. The summed E-state index contributed by atoms with van der Waals surface area (Å²) in [4.78, 5) is 0. The van der Waals surface area contributed by atoms with E-state index in [0.717, 1.165) is 25.2 Å². The van der Waals surface area contributed by atoms with Crippen LogP contribution in [0, 0.1) is 35.1 Å². The maximum Gasteiger partial charge on any atom is 0.432 e. The molecule has 0 radical (unpaired) electrons. The van der Waals surface area contributed by atoms with Crippen molar-refractivity contribution in [1.82, 2.24) is 0 Å². The third-order valence-electron chi connectivity index (χ3n) is 6.82. The Kier molecular flexibility index (Phi) is 10.8. The van der Waals surface area contributed by atoms with Crippen molar-refractivity contribution in [1.29, 1.82) is 0 Å². The van der Waals surface area contributed by atoms with E-state index in [2.05, 4.69) is 16.4 Å². The van der Waals surface area contributed by atoms with Gasteiger partial charge in [-0.2, -0.15) is 17.6 Å². The van der Waals surface area contributed by atoms with Gasteiger partial charge in [0.25, 0.3) is 0 Å². The van der Waals surface area contributed by atoms with E-state index in [1.807, 2.05) is 0 Å². The molecular weight excluding hydrogens is 532 g/mol. The standard InChI is InChI=1S/C29H30F8O2/c1-2-3-6-18-9-11-19(12-10-18)7-4-5-8-20-13-22(30)27(23(31)14-20)29(36,37)39-21-15-24(32)28(25(33)16-21)38-17-26(34)35/h5,8,13-19H,2-4,6-7,9-12H2,1H3. The highest BCUT2D eigenvalue weighted by atomic mass is 19.3. The number of ether oxygens (including phenoxy) is 2. The van der Waals surface area contributed by atoms with Crippen molar-refractivity contribution in [3.05, 3.63) is 77.1 Å². The normalized spacial score (nSPS) is 17.9. The maximum atomic E-state index is 14.6. The highest BCUT2D eigenvalue weighted by Gasteiger charge is 2.41. The first kappa shape index (κ1) is 30.5. The number of benzene rings is 2. The van der Waals surface area contributed by atoms with Crippen molar-refractivity contribution in [2.24, 2.45) is 11.8 Å². The van der Waals surface area contributed by atoms with Crippen molar-refractivity contribution in [3.8, 4) is 11.5 Å². The summed E-state index contributed by atoms with van der Waals surface area (Å²) in [6.07, 6.45) is 5.98. The van der Waals surface area contributed by atoms with E-state index < -0.39 is 52.5 Å². The van der Waals surface area contributed by atoms with Gasteiger partial charge in [0.1, 0.15) is 22.9 Å². The lowest BCUT2D eigenvalue weighted by Gasteiger charge is -2.28. The zero-order valence-corrected chi connectivity index (χ0v) is 21.4. The van der Waals surface area contributed by atoms with Crippen LogP contribution in [0.25, 0.3) is 6.08 Å². The van der Waals surface area contributed by atoms with Gasteiger partial charge in [0.2, 0.25) is 0 Å². The van der Waals surface area contributed by atoms with E-state index in [1.165, 1.54) is 38.2 Å². The topological polar surface area (TPSA) is 18.5 Å². The monoisotopic (exact) mass is 562 g/mol. The van der Waals surface area contributed by atoms with E-state index in [-0.39, 0.29) is 24.0 Å². The molecule has 1 fully saturated rings. The summed E-state index contributed by atoms with van der Waals surface area (Å²) in [6, 6.07) is 1.84. The number of alkyl halides is 2. The molecule has 1 aliphatic carbocycles. The molecule has 0 saturated heterocycles. The van der Waals surface area contributed by atoms with Gasteiger partial charge < -0.3 is 9.47 Å². The molecule has 2 aromatic rings. The van der Waals surface area contributed by atoms with E-state index >= 15 is 0 Å². The van der Waals surface area contributed by atoms with Gasteiger partial charge in [-0.25, -0.2) is 17.6 Å². The number of unbranched alkanes of at least 4 members (excludes halogenated alkanes) is 1. The third-order valence-corrected chi connectivity index (χ3v) is 6.82. The fourth-order valence-corrected chi connectivity index (χ4v) is 4.83. The molecule has 0 atom stereocenters. The molecule has 0 spiro atoms. The fraction of sp³-hybridized carbons (Fsp3) is 0.448. The molecule has 0 N–H and O–H groups in total. The second kappa shape index (κ2) is 13.8. The van der Waals surface area contributed by atoms with Crippen LogP contribution in [0.3, 0.4) is 0 Å². The van der Waals surface area contributed by atoms with Crippen LogP contribution in [0.4, 0.5) is 35.1 Å². The van der Waals surface area contributed by atoms with Crippen LogP contribution in [0.1, 0.15) is 75.8 Å². The van der Waals surface area contributed by atoms with Gasteiger partial charge in [0, 0.05) is 12.1 Å². The Balaban J connectivity index is 1.62. The lowest BCUT2D eigenvalue weighted by Crippen LogP contribution is -2.25. The average Bonchev–Trinajstić information content (AvgIpc) is 2.84. The summed E-state index contributed by atoms with van der Waals surface area (Å²) in [5, 5.41) is 0. The number of rotatable bonds is 12. The number of allylic oxidation sites excluding steroid dienone is 1. The predicted molar refractivity (Wildman–Crippen MR) is 131 cm³/mol.